The highest BCUT2D eigenvalue weighted by molar-refractivity contribution is 5.28. The lowest BCUT2D eigenvalue weighted by Gasteiger charge is -2.23. The molecule has 2 aromatic rings. The normalized spacial score (nSPS) is 11.4. The molecule has 2 rings (SSSR count). The number of aromatic nitrogens is 1. The summed E-state index contributed by atoms with van der Waals surface area (Å²) in [6.07, 6.45) is 1.77. The van der Waals surface area contributed by atoms with Crippen LogP contribution in [0.4, 0.5) is 0 Å². The molecule has 0 atom stereocenters. The Hall–Kier alpha value is -1.91. The van der Waals surface area contributed by atoms with E-state index in [4.69, 9.17) is 9.47 Å². The molecule has 22 heavy (non-hydrogen) atoms. The first-order chi connectivity index (χ1) is 10.6. The minimum absolute atomic E-state index is 0.160. The summed E-state index contributed by atoms with van der Waals surface area (Å²) in [5.74, 6) is 0.857. The number of benzene rings is 1. The molecule has 0 saturated carbocycles. The van der Waals surface area contributed by atoms with E-state index in [2.05, 4.69) is 36.3 Å². The van der Waals surface area contributed by atoms with Crippen molar-refractivity contribution in [2.75, 3.05) is 13.7 Å². The molecule has 1 aromatic carbocycles. The second-order valence-corrected chi connectivity index (χ2v) is 5.82. The average Bonchev–Trinajstić information content (AvgIpc) is 2.54. The minimum Gasteiger partial charge on any atom is -0.487 e. The molecule has 118 valence electrons. The first-order valence-electron chi connectivity index (χ1n) is 7.46. The number of nitrogens with zero attached hydrogens (tertiary/aromatic N) is 1. The van der Waals surface area contributed by atoms with Gasteiger partial charge >= 0.3 is 0 Å². The molecule has 0 radical (unpaired) electrons. The van der Waals surface area contributed by atoms with Crippen LogP contribution in [0.1, 0.15) is 25.1 Å². The van der Waals surface area contributed by atoms with Crippen LogP contribution in [0.3, 0.4) is 0 Å². The van der Waals surface area contributed by atoms with Gasteiger partial charge in [0.2, 0.25) is 0 Å². The number of ether oxygens (including phenoxy) is 2. The van der Waals surface area contributed by atoms with Gasteiger partial charge in [-0.15, -0.1) is 0 Å². The Labute approximate surface area is 132 Å². The Balaban J connectivity index is 1.84. The van der Waals surface area contributed by atoms with E-state index in [-0.39, 0.29) is 5.60 Å². The van der Waals surface area contributed by atoms with Crippen molar-refractivity contribution in [2.45, 2.75) is 32.6 Å². The van der Waals surface area contributed by atoms with E-state index >= 15 is 0 Å². The van der Waals surface area contributed by atoms with Crippen molar-refractivity contribution in [1.82, 2.24) is 10.3 Å². The summed E-state index contributed by atoms with van der Waals surface area (Å²) in [5, 5.41) is 3.40. The van der Waals surface area contributed by atoms with Crippen molar-refractivity contribution in [2.24, 2.45) is 0 Å². The summed E-state index contributed by atoms with van der Waals surface area (Å²) in [6.45, 7) is 6.18. The summed E-state index contributed by atoms with van der Waals surface area (Å²) in [4.78, 5) is 4.25. The van der Waals surface area contributed by atoms with E-state index in [1.54, 1.807) is 13.3 Å². The molecule has 1 aromatic heterocycles. The van der Waals surface area contributed by atoms with Gasteiger partial charge in [0.1, 0.15) is 12.4 Å². The van der Waals surface area contributed by atoms with Gasteiger partial charge in [-0.05, 0) is 43.7 Å². The van der Waals surface area contributed by atoms with E-state index in [1.807, 2.05) is 30.3 Å². The maximum Gasteiger partial charge on any atom is 0.130 e. The molecule has 4 nitrogen and oxygen atoms in total. The van der Waals surface area contributed by atoms with Crippen molar-refractivity contribution in [1.29, 1.82) is 0 Å². The summed E-state index contributed by atoms with van der Waals surface area (Å²) >= 11 is 0. The molecule has 0 spiro atoms. The number of hydrogen-bond acceptors (Lipinski definition) is 4. The number of pyridine rings is 1. The zero-order valence-electron chi connectivity index (χ0n) is 13.5. The molecule has 1 heterocycles. The van der Waals surface area contributed by atoms with Gasteiger partial charge in [0.05, 0.1) is 11.3 Å². The van der Waals surface area contributed by atoms with Crippen LogP contribution in [0.15, 0.2) is 48.7 Å². The molecule has 0 amide bonds. The molecular weight excluding hydrogens is 276 g/mol. The van der Waals surface area contributed by atoms with Crippen molar-refractivity contribution in [3.05, 3.63) is 59.9 Å². The highest BCUT2D eigenvalue weighted by Crippen LogP contribution is 2.15. The van der Waals surface area contributed by atoms with Crippen LogP contribution >= 0.6 is 0 Å². The van der Waals surface area contributed by atoms with Gasteiger partial charge in [0.25, 0.3) is 0 Å². The third kappa shape index (κ3) is 5.47. The van der Waals surface area contributed by atoms with E-state index in [0.29, 0.717) is 6.61 Å². The minimum atomic E-state index is -0.160. The van der Waals surface area contributed by atoms with Gasteiger partial charge in [-0.1, -0.05) is 18.2 Å². The Morgan fingerprint density at radius 2 is 2.00 bits per heavy atom. The first-order valence-corrected chi connectivity index (χ1v) is 7.46. The monoisotopic (exact) mass is 300 g/mol. The number of hydrogen-bond donors (Lipinski definition) is 1. The predicted molar refractivity (Wildman–Crippen MR) is 87.8 cm³/mol. The molecule has 0 aliphatic heterocycles. The third-order valence-corrected chi connectivity index (χ3v) is 3.44. The lowest BCUT2D eigenvalue weighted by molar-refractivity contribution is 0.0230. The molecule has 0 aliphatic rings. The van der Waals surface area contributed by atoms with Crippen molar-refractivity contribution >= 4 is 0 Å². The van der Waals surface area contributed by atoms with Crippen LogP contribution in [0.5, 0.6) is 5.75 Å². The summed E-state index contributed by atoms with van der Waals surface area (Å²) in [6, 6.07) is 13.9. The van der Waals surface area contributed by atoms with Gasteiger partial charge in [-0.2, -0.15) is 0 Å². The molecule has 0 saturated heterocycles. The van der Waals surface area contributed by atoms with Gasteiger partial charge in [0, 0.05) is 26.4 Å². The van der Waals surface area contributed by atoms with Crippen molar-refractivity contribution in [3.63, 3.8) is 0 Å². The molecule has 0 fully saturated rings. The zero-order valence-corrected chi connectivity index (χ0v) is 13.5. The third-order valence-electron chi connectivity index (χ3n) is 3.44. The molecule has 0 aliphatic carbocycles. The smallest absolute Gasteiger partial charge is 0.130 e. The van der Waals surface area contributed by atoms with E-state index < -0.39 is 0 Å². The lowest BCUT2D eigenvalue weighted by Crippen LogP contribution is -2.36. The number of rotatable bonds is 8. The molecule has 0 bridgehead atoms. The van der Waals surface area contributed by atoms with Gasteiger partial charge in [-0.25, -0.2) is 0 Å². The second kappa shape index (κ2) is 7.92. The maximum atomic E-state index is 5.79. The Morgan fingerprint density at radius 3 is 2.73 bits per heavy atom. The zero-order chi connectivity index (χ0) is 15.8. The van der Waals surface area contributed by atoms with Crippen LogP contribution in [0.2, 0.25) is 0 Å². The topological polar surface area (TPSA) is 43.4 Å². The average molecular weight is 300 g/mol. The van der Waals surface area contributed by atoms with Crippen LogP contribution < -0.4 is 10.1 Å². The summed E-state index contributed by atoms with van der Waals surface area (Å²) < 4.78 is 11.2. The van der Waals surface area contributed by atoms with E-state index in [1.165, 1.54) is 5.56 Å². The number of methoxy groups -OCH3 is 1. The SMILES string of the molecule is COC(C)(C)CNCc1cccc(OCc2ccccn2)c1. The summed E-state index contributed by atoms with van der Waals surface area (Å²) in [5.41, 5.74) is 1.95. The summed E-state index contributed by atoms with van der Waals surface area (Å²) in [7, 11) is 1.73. The fourth-order valence-electron chi connectivity index (χ4n) is 1.97. The molecule has 1 N–H and O–H groups in total. The molecular formula is C18H24N2O2. The highest BCUT2D eigenvalue weighted by Gasteiger charge is 2.14. The van der Waals surface area contributed by atoms with Crippen LogP contribution in [-0.4, -0.2) is 24.2 Å². The molecule has 4 heteroatoms. The van der Waals surface area contributed by atoms with Crippen LogP contribution in [0, 0.1) is 0 Å². The van der Waals surface area contributed by atoms with E-state index in [9.17, 15) is 0 Å². The Bertz CT molecular complexity index is 570. The highest BCUT2D eigenvalue weighted by atomic mass is 16.5. The van der Waals surface area contributed by atoms with E-state index in [0.717, 1.165) is 24.5 Å². The van der Waals surface area contributed by atoms with Crippen molar-refractivity contribution in [3.8, 4) is 5.75 Å². The Kier molecular flexibility index (Phi) is 5.92. The second-order valence-electron chi connectivity index (χ2n) is 5.82. The fraction of sp³-hybridized carbons (Fsp3) is 0.389. The fourth-order valence-corrected chi connectivity index (χ4v) is 1.97. The van der Waals surface area contributed by atoms with Crippen LogP contribution in [-0.2, 0) is 17.9 Å². The van der Waals surface area contributed by atoms with Gasteiger partial charge in [-0.3, -0.25) is 4.98 Å². The quantitative estimate of drug-likeness (QED) is 0.813. The predicted octanol–water partition coefficient (Wildman–Crippen LogP) is 3.18. The number of nitrogens with one attached hydrogen (secondary N) is 1. The van der Waals surface area contributed by atoms with Gasteiger partial charge in [0.15, 0.2) is 0 Å². The molecule has 0 unspecified atom stereocenters. The van der Waals surface area contributed by atoms with Crippen molar-refractivity contribution < 1.29 is 9.47 Å². The lowest BCUT2D eigenvalue weighted by atomic mass is 10.1. The van der Waals surface area contributed by atoms with Gasteiger partial charge < -0.3 is 14.8 Å². The van der Waals surface area contributed by atoms with Crippen LogP contribution in [0.25, 0.3) is 0 Å². The Morgan fingerprint density at radius 1 is 1.14 bits per heavy atom. The first kappa shape index (κ1) is 16.5. The standard InChI is InChI=1S/C18H24N2O2/c1-18(2,21-3)14-19-12-15-7-6-9-17(11-15)22-13-16-8-4-5-10-20-16/h4-11,19H,12-14H2,1-3H3. The maximum absolute atomic E-state index is 5.79. The largest absolute Gasteiger partial charge is 0.487 e.